The van der Waals surface area contributed by atoms with Crippen LogP contribution in [-0.2, 0) is 4.74 Å². The highest BCUT2D eigenvalue weighted by Gasteiger charge is 2.20. The van der Waals surface area contributed by atoms with E-state index in [1.807, 2.05) is 18.2 Å². The zero-order chi connectivity index (χ0) is 22.2. The zero-order valence-corrected chi connectivity index (χ0v) is 19.1. The number of morpholine rings is 1. The number of halogens is 1. The summed E-state index contributed by atoms with van der Waals surface area (Å²) in [5.41, 5.74) is 3.78. The molecule has 2 aliphatic rings. The minimum atomic E-state index is -0.176. The Morgan fingerprint density at radius 2 is 1.84 bits per heavy atom. The van der Waals surface area contributed by atoms with E-state index < -0.39 is 0 Å². The molecule has 1 aromatic heterocycles. The Hall–Kier alpha value is -2.30. The van der Waals surface area contributed by atoms with Crippen LogP contribution in [0, 0.1) is 11.8 Å². The molecule has 0 radical (unpaired) electrons. The highest BCUT2D eigenvalue weighted by Crippen LogP contribution is 2.25. The number of pyridine rings is 1. The average molecular weight is 455 g/mol. The van der Waals surface area contributed by atoms with Crippen molar-refractivity contribution < 1.29 is 9.84 Å². The maximum atomic E-state index is 9.74. The van der Waals surface area contributed by atoms with E-state index in [2.05, 4.69) is 44.5 Å². The number of rotatable bonds is 6. The van der Waals surface area contributed by atoms with E-state index in [9.17, 15) is 5.11 Å². The molecule has 1 aromatic carbocycles. The van der Waals surface area contributed by atoms with Crippen LogP contribution in [0.4, 0.5) is 11.4 Å². The highest BCUT2D eigenvalue weighted by molar-refractivity contribution is 6.29. The summed E-state index contributed by atoms with van der Waals surface area (Å²) in [5.74, 6) is 6.48. The van der Waals surface area contributed by atoms with Crippen LogP contribution in [0.25, 0.3) is 0 Å². The molecular weight excluding hydrogens is 424 g/mol. The largest absolute Gasteiger partial charge is 0.393 e. The molecule has 3 N–H and O–H groups in total. The number of ether oxygens (including phenoxy) is 1. The van der Waals surface area contributed by atoms with Gasteiger partial charge in [-0.15, -0.1) is 0 Å². The Morgan fingerprint density at radius 3 is 2.59 bits per heavy atom. The summed E-state index contributed by atoms with van der Waals surface area (Å²) >= 11 is 6.13. The summed E-state index contributed by atoms with van der Waals surface area (Å²) in [4.78, 5) is 6.62. The second-order valence-electron chi connectivity index (χ2n) is 8.41. The summed E-state index contributed by atoms with van der Waals surface area (Å²) in [6.45, 7) is 5.61. The minimum Gasteiger partial charge on any atom is -0.393 e. The number of aliphatic hydroxyl groups is 1. The third kappa shape index (κ3) is 6.85. The Labute approximate surface area is 195 Å². The number of aromatic nitrogens is 1. The lowest BCUT2D eigenvalue weighted by atomic mass is 9.93. The molecule has 2 aromatic rings. The molecule has 2 fully saturated rings. The first-order valence-corrected chi connectivity index (χ1v) is 11.8. The Bertz CT molecular complexity index is 927. The van der Waals surface area contributed by atoms with Crippen LogP contribution in [-0.4, -0.2) is 66.5 Å². The standard InChI is InChI=1S/C25H31ClN4O2/c26-25-17-24(29-22-7-9-23(31)10-8-22)20(18-28-25)4-1-19-2-5-21(6-3-19)27-11-12-30-13-15-32-16-14-30/h2-3,5-6,17-18,22-23,27,31H,7-16H2,(H,28,29). The molecule has 1 saturated heterocycles. The van der Waals surface area contributed by atoms with Gasteiger partial charge in [0.15, 0.2) is 0 Å². The maximum absolute atomic E-state index is 9.74. The van der Waals surface area contributed by atoms with Crippen molar-refractivity contribution in [3.63, 3.8) is 0 Å². The molecule has 0 bridgehead atoms. The van der Waals surface area contributed by atoms with Crippen LogP contribution in [0.5, 0.6) is 0 Å². The summed E-state index contributed by atoms with van der Waals surface area (Å²) in [6.07, 6.45) is 5.07. The second-order valence-corrected chi connectivity index (χ2v) is 8.80. The predicted octanol–water partition coefficient (Wildman–Crippen LogP) is 3.59. The fourth-order valence-electron chi connectivity index (χ4n) is 4.08. The summed E-state index contributed by atoms with van der Waals surface area (Å²) < 4.78 is 5.39. The number of nitrogens with one attached hydrogen (secondary N) is 2. The van der Waals surface area contributed by atoms with E-state index in [0.717, 1.165) is 87.6 Å². The van der Waals surface area contributed by atoms with Crippen molar-refractivity contribution in [3.8, 4) is 11.8 Å². The van der Waals surface area contributed by atoms with Crippen molar-refractivity contribution in [2.75, 3.05) is 50.0 Å². The van der Waals surface area contributed by atoms with Crippen molar-refractivity contribution in [3.05, 3.63) is 52.8 Å². The summed E-state index contributed by atoms with van der Waals surface area (Å²) in [6, 6.07) is 10.3. The van der Waals surface area contributed by atoms with Gasteiger partial charge in [-0.3, -0.25) is 4.90 Å². The van der Waals surface area contributed by atoms with E-state index in [1.54, 1.807) is 6.20 Å². The third-order valence-electron chi connectivity index (χ3n) is 6.01. The van der Waals surface area contributed by atoms with Gasteiger partial charge in [0.25, 0.3) is 0 Å². The van der Waals surface area contributed by atoms with Gasteiger partial charge >= 0.3 is 0 Å². The topological polar surface area (TPSA) is 69.7 Å². The minimum absolute atomic E-state index is 0.176. The van der Waals surface area contributed by atoms with E-state index in [4.69, 9.17) is 16.3 Å². The summed E-state index contributed by atoms with van der Waals surface area (Å²) in [7, 11) is 0. The molecule has 170 valence electrons. The first kappa shape index (κ1) is 22.9. The first-order valence-electron chi connectivity index (χ1n) is 11.4. The van der Waals surface area contributed by atoms with Gasteiger partial charge in [0.05, 0.1) is 30.6 Å². The average Bonchev–Trinajstić information content (AvgIpc) is 2.82. The number of hydrogen-bond acceptors (Lipinski definition) is 6. The quantitative estimate of drug-likeness (QED) is 0.457. The Balaban J connectivity index is 1.34. The fourth-order valence-corrected chi connectivity index (χ4v) is 4.24. The predicted molar refractivity (Wildman–Crippen MR) is 129 cm³/mol. The highest BCUT2D eigenvalue weighted by atomic mass is 35.5. The van der Waals surface area contributed by atoms with Crippen LogP contribution >= 0.6 is 11.6 Å². The zero-order valence-electron chi connectivity index (χ0n) is 18.3. The van der Waals surface area contributed by atoms with Crippen LogP contribution in [0.15, 0.2) is 36.5 Å². The van der Waals surface area contributed by atoms with Gasteiger partial charge < -0.3 is 20.5 Å². The molecule has 4 rings (SSSR count). The van der Waals surface area contributed by atoms with Gasteiger partial charge in [0.1, 0.15) is 5.15 Å². The monoisotopic (exact) mass is 454 g/mol. The van der Waals surface area contributed by atoms with E-state index in [1.165, 1.54) is 0 Å². The number of nitrogens with zero attached hydrogens (tertiary/aromatic N) is 2. The molecule has 6 nitrogen and oxygen atoms in total. The normalized spacial score (nSPS) is 21.4. The smallest absolute Gasteiger partial charge is 0.131 e. The molecule has 0 atom stereocenters. The number of aliphatic hydroxyl groups excluding tert-OH is 1. The first-order chi connectivity index (χ1) is 15.7. The van der Waals surface area contributed by atoms with Crippen LogP contribution in [0.2, 0.25) is 5.15 Å². The van der Waals surface area contributed by atoms with E-state index >= 15 is 0 Å². The van der Waals surface area contributed by atoms with Crippen molar-refractivity contribution in [1.29, 1.82) is 0 Å². The van der Waals surface area contributed by atoms with Crippen LogP contribution in [0.1, 0.15) is 36.8 Å². The molecule has 1 saturated carbocycles. The number of benzene rings is 1. The summed E-state index contributed by atoms with van der Waals surface area (Å²) in [5, 5.41) is 17.2. The van der Waals surface area contributed by atoms with Gasteiger partial charge in [-0.2, -0.15) is 0 Å². The van der Waals surface area contributed by atoms with E-state index in [0.29, 0.717) is 11.2 Å². The lowest BCUT2D eigenvalue weighted by Gasteiger charge is -2.27. The van der Waals surface area contributed by atoms with Crippen molar-refractivity contribution >= 4 is 23.0 Å². The molecule has 0 spiro atoms. The molecule has 1 aliphatic carbocycles. The van der Waals surface area contributed by atoms with Gasteiger partial charge in [-0.1, -0.05) is 23.4 Å². The fraction of sp³-hybridized carbons (Fsp3) is 0.480. The Morgan fingerprint density at radius 1 is 1.09 bits per heavy atom. The Kier molecular flexibility index (Phi) is 8.24. The molecule has 7 heteroatoms. The maximum Gasteiger partial charge on any atom is 0.131 e. The van der Waals surface area contributed by atoms with Gasteiger partial charge in [0.2, 0.25) is 0 Å². The van der Waals surface area contributed by atoms with Crippen molar-refractivity contribution in [2.45, 2.75) is 37.8 Å². The molecule has 2 heterocycles. The van der Waals surface area contributed by atoms with Crippen molar-refractivity contribution in [2.24, 2.45) is 0 Å². The number of hydrogen-bond donors (Lipinski definition) is 3. The molecule has 1 aliphatic heterocycles. The number of anilines is 2. The molecule has 32 heavy (non-hydrogen) atoms. The SMILES string of the molecule is OC1CCC(Nc2cc(Cl)ncc2C#Cc2ccc(NCCN3CCOCC3)cc2)CC1. The van der Waals surface area contributed by atoms with Crippen molar-refractivity contribution in [1.82, 2.24) is 9.88 Å². The second kappa shape index (κ2) is 11.5. The van der Waals surface area contributed by atoms with Gasteiger partial charge in [-0.25, -0.2) is 4.98 Å². The van der Waals surface area contributed by atoms with Gasteiger partial charge in [-0.05, 0) is 56.0 Å². The van der Waals surface area contributed by atoms with E-state index in [-0.39, 0.29) is 6.10 Å². The lowest BCUT2D eigenvalue weighted by Crippen LogP contribution is -2.38. The molecule has 0 unspecified atom stereocenters. The molecule has 0 amide bonds. The van der Waals surface area contributed by atoms with Crippen LogP contribution in [0.3, 0.4) is 0 Å². The third-order valence-corrected chi connectivity index (χ3v) is 6.22. The van der Waals surface area contributed by atoms with Gasteiger partial charge in [0, 0.05) is 49.7 Å². The van der Waals surface area contributed by atoms with Crippen LogP contribution < -0.4 is 10.6 Å². The molecular formula is C25H31ClN4O2. The lowest BCUT2D eigenvalue weighted by molar-refractivity contribution is 0.0398.